The molecule has 21 heavy (non-hydrogen) atoms. The van der Waals surface area contributed by atoms with E-state index in [9.17, 15) is 26.3 Å². The van der Waals surface area contributed by atoms with Gasteiger partial charge in [0.05, 0.1) is 0 Å². The van der Waals surface area contributed by atoms with E-state index in [1.807, 2.05) is 0 Å². The average Bonchev–Trinajstić information content (AvgIpc) is 2.35. The average molecular weight is 317 g/mol. The van der Waals surface area contributed by atoms with Gasteiger partial charge in [0.1, 0.15) is 0 Å². The van der Waals surface area contributed by atoms with Crippen LogP contribution in [0.25, 0.3) is 0 Å². The van der Waals surface area contributed by atoms with Gasteiger partial charge in [0.25, 0.3) is 11.6 Å². The van der Waals surface area contributed by atoms with E-state index in [2.05, 4.69) is 0 Å². The summed E-state index contributed by atoms with van der Waals surface area (Å²) < 4.78 is 80.4. The first-order valence-electron chi connectivity index (χ1n) is 7.00. The SMILES string of the molecule is CCC1C=C(C(F)(C(C)(F)F)C(F)(F)F)CC(CC)C1N. The summed E-state index contributed by atoms with van der Waals surface area (Å²) in [5, 5.41) is 0. The first-order valence-corrected chi connectivity index (χ1v) is 7.00. The van der Waals surface area contributed by atoms with Gasteiger partial charge in [0, 0.05) is 13.0 Å². The van der Waals surface area contributed by atoms with Crippen molar-refractivity contribution >= 4 is 0 Å². The van der Waals surface area contributed by atoms with E-state index in [0.717, 1.165) is 6.08 Å². The van der Waals surface area contributed by atoms with E-state index >= 15 is 0 Å². The number of halogens is 6. The highest BCUT2D eigenvalue weighted by Crippen LogP contribution is 2.53. The van der Waals surface area contributed by atoms with Gasteiger partial charge in [-0.2, -0.15) is 13.2 Å². The molecule has 0 saturated carbocycles. The van der Waals surface area contributed by atoms with Gasteiger partial charge in [-0.05, 0) is 30.3 Å². The van der Waals surface area contributed by atoms with Gasteiger partial charge in [-0.15, -0.1) is 0 Å². The molecule has 1 aliphatic carbocycles. The molecule has 1 aliphatic rings. The summed E-state index contributed by atoms with van der Waals surface area (Å²) in [6.07, 6.45) is -4.30. The van der Waals surface area contributed by atoms with Crippen molar-refractivity contribution in [2.45, 2.75) is 63.8 Å². The highest BCUT2D eigenvalue weighted by Gasteiger charge is 2.71. The second kappa shape index (κ2) is 5.82. The molecule has 0 aromatic carbocycles. The maximum atomic E-state index is 14.5. The first kappa shape index (κ1) is 18.3. The molecule has 0 radical (unpaired) electrons. The molecule has 0 aliphatic heterocycles. The third kappa shape index (κ3) is 3.07. The van der Waals surface area contributed by atoms with E-state index in [4.69, 9.17) is 5.73 Å². The van der Waals surface area contributed by atoms with Crippen LogP contribution < -0.4 is 5.73 Å². The largest absolute Gasteiger partial charge is 0.432 e. The minimum Gasteiger partial charge on any atom is -0.327 e. The van der Waals surface area contributed by atoms with Crippen LogP contribution in [-0.4, -0.2) is 23.8 Å². The minimum atomic E-state index is -5.67. The maximum absolute atomic E-state index is 14.5. The smallest absolute Gasteiger partial charge is 0.327 e. The van der Waals surface area contributed by atoms with Crippen LogP contribution in [0.4, 0.5) is 26.3 Å². The number of rotatable bonds is 4. The molecule has 0 bridgehead atoms. The summed E-state index contributed by atoms with van der Waals surface area (Å²) in [5.74, 6) is -5.51. The molecule has 0 spiro atoms. The zero-order valence-electron chi connectivity index (χ0n) is 12.3. The highest BCUT2D eigenvalue weighted by atomic mass is 19.4. The van der Waals surface area contributed by atoms with E-state index in [1.165, 1.54) is 0 Å². The van der Waals surface area contributed by atoms with Crippen LogP contribution in [-0.2, 0) is 0 Å². The maximum Gasteiger partial charge on any atom is 0.432 e. The summed E-state index contributed by atoms with van der Waals surface area (Å²) in [6, 6.07) is -0.438. The molecule has 1 nitrogen and oxygen atoms in total. The van der Waals surface area contributed by atoms with E-state index in [0.29, 0.717) is 12.8 Å². The molecule has 0 saturated heterocycles. The number of allylic oxidation sites excluding steroid dienone is 1. The zero-order valence-corrected chi connectivity index (χ0v) is 12.3. The van der Waals surface area contributed by atoms with Crippen molar-refractivity contribution in [1.82, 2.24) is 0 Å². The summed E-state index contributed by atoms with van der Waals surface area (Å²) in [5.41, 5.74) is 0.408. The lowest BCUT2D eigenvalue weighted by Crippen LogP contribution is -2.57. The minimum absolute atomic E-state index is 0.0300. The Hall–Kier alpha value is -0.720. The van der Waals surface area contributed by atoms with Crippen LogP contribution in [0.2, 0.25) is 0 Å². The Kier molecular flexibility index (Phi) is 5.08. The van der Waals surface area contributed by atoms with Crippen molar-refractivity contribution in [3.8, 4) is 0 Å². The van der Waals surface area contributed by atoms with Gasteiger partial charge in [-0.25, -0.2) is 13.2 Å². The molecular weight excluding hydrogens is 296 g/mol. The van der Waals surface area contributed by atoms with E-state index in [-0.39, 0.29) is 6.92 Å². The summed E-state index contributed by atoms with van der Waals surface area (Å²) in [6.45, 7) is 3.36. The molecule has 0 aromatic heterocycles. The van der Waals surface area contributed by atoms with Crippen LogP contribution in [0, 0.1) is 11.8 Å². The second-order valence-corrected chi connectivity index (χ2v) is 5.76. The molecule has 4 atom stereocenters. The standard InChI is InChI=1S/C14H21F6N/c1-4-8-6-10(7-9(5-2)11(8)21)13(17,12(3,15)16)14(18,19)20/h6,8-9,11H,4-5,7,21H2,1-3H3. The quantitative estimate of drug-likeness (QED) is 0.594. The van der Waals surface area contributed by atoms with Crippen molar-refractivity contribution < 1.29 is 26.3 Å². The topological polar surface area (TPSA) is 26.0 Å². The van der Waals surface area contributed by atoms with E-state index in [1.54, 1.807) is 13.8 Å². The van der Waals surface area contributed by atoms with Gasteiger partial charge in [0.2, 0.25) is 0 Å². The monoisotopic (exact) mass is 317 g/mol. The van der Waals surface area contributed by atoms with Crippen LogP contribution >= 0.6 is 0 Å². The normalized spacial score (nSPS) is 30.8. The van der Waals surface area contributed by atoms with Crippen molar-refractivity contribution in [3.05, 3.63) is 11.6 Å². The van der Waals surface area contributed by atoms with Crippen molar-refractivity contribution in [3.63, 3.8) is 0 Å². The second-order valence-electron chi connectivity index (χ2n) is 5.76. The zero-order chi connectivity index (χ0) is 16.6. The first-order chi connectivity index (χ1) is 9.40. The van der Waals surface area contributed by atoms with Crippen LogP contribution in [0.15, 0.2) is 11.6 Å². The summed E-state index contributed by atoms with van der Waals surface area (Å²) in [4.78, 5) is 0. The Morgan fingerprint density at radius 2 is 1.62 bits per heavy atom. The van der Waals surface area contributed by atoms with Crippen LogP contribution in [0.5, 0.6) is 0 Å². The van der Waals surface area contributed by atoms with Gasteiger partial charge >= 0.3 is 6.18 Å². The van der Waals surface area contributed by atoms with Crippen molar-refractivity contribution in [2.24, 2.45) is 17.6 Å². The predicted octanol–water partition coefficient (Wildman–Crippen LogP) is 4.62. The van der Waals surface area contributed by atoms with Gasteiger partial charge in [-0.3, -0.25) is 0 Å². The van der Waals surface area contributed by atoms with E-state index < -0.39 is 47.6 Å². The lowest BCUT2D eigenvalue weighted by atomic mass is 9.71. The molecule has 4 unspecified atom stereocenters. The third-order valence-electron chi connectivity index (χ3n) is 4.37. The molecule has 2 N–H and O–H groups in total. The highest BCUT2D eigenvalue weighted by molar-refractivity contribution is 5.29. The summed E-state index contributed by atoms with van der Waals surface area (Å²) in [7, 11) is 0. The Morgan fingerprint density at radius 1 is 1.10 bits per heavy atom. The fraction of sp³-hybridized carbons (Fsp3) is 0.857. The van der Waals surface area contributed by atoms with Crippen molar-refractivity contribution in [2.75, 3.05) is 0 Å². The fourth-order valence-electron chi connectivity index (χ4n) is 2.98. The fourth-order valence-corrected chi connectivity index (χ4v) is 2.98. The number of hydrogen-bond donors (Lipinski definition) is 1. The van der Waals surface area contributed by atoms with Gasteiger partial charge < -0.3 is 5.73 Å². The van der Waals surface area contributed by atoms with Gasteiger partial charge in [0.15, 0.2) is 0 Å². The molecule has 0 aromatic rings. The molecular formula is C14H21F6N. The molecule has 0 fully saturated rings. The third-order valence-corrected chi connectivity index (χ3v) is 4.37. The lowest BCUT2D eigenvalue weighted by molar-refractivity contribution is -0.282. The van der Waals surface area contributed by atoms with Crippen molar-refractivity contribution in [1.29, 1.82) is 0 Å². The molecule has 0 amide bonds. The van der Waals surface area contributed by atoms with Crippen LogP contribution in [0.1, 0.15) is 40.0 Å². The van der Waals surface area contributed by atoms with Crippen LogP contribution in [0.3, 0.4) is 0 Å². The lowest BCUT2D eigenvalue weighted by Gasteiger charge is -2.41. The Morgan fingerprint density at radius 3 is 1.95 bits per heavy atom. The number of nitrogens with two attached hydrogens (primary N) is 1. The predicted molar refractivity (Wildman–Crippen MR) is 68.8 cm³/mol. The molecule has 1 rings (SSSR count). The number of hydrogen-bond acceptors (Lipinski definition) is 1. The Labute approximate surface area is 120 Å². The molecule has 124 valence electrons. The Bertz CT molecular complexity index is 381. The number of alkyl halides is 6. The molecule has 0 heterocycles. The van der Waals surface area contributed by atoms with Gasteiger partial charge in [-0.1, -0.05) is 26.3 Å². The molecule has 7 heteroatoms. The summed E-state index contributed by atoms with van der Waals surface area (Å²) >= 11 is 0. The Balaban J connectivity index is 3.38.